The molecule has 19 heavy (non-hydrogen) atoms. The van der Waals surface area contributed by atoms with Crippen LogP contribution in [0.2, 0.25) is 0 Å². The fourth-order valence-corrected chi connectivity index (χ4v) is 2.96. The lowest BCUT2D eigenvalue weighted by atomic mass is 9.75. The quantitative estimate of drug-likeness (QED) is 0.916. The Morgan fingerprint density at radius 3 is 2.74 bits per heavy atom. The second kappa shape index (κ2) is 4.83. The average Bonchev–Trinajstić information content (AvgIpc) is 2.84. The molecule has 2 aromatic heterocycles. The minimum Gasteiger partial charge on any atom is -0.478 e. The molecule has 0 aromatic carbocycles. The Kier molecular flexibility index (Phi) is 3.17. The van der Waals surface area contributed by atoms with Crippen molar-refractivity contribution in [2.45, 2.75) is 51.4 Å². The van der Waals surface area contributed by atoms with Crippen LogP contribution in [0.1, 0.15) is 51.8 Å². The lowest BCUT2D eigenvalue weighted by Crippen LogP contribution is -2.26. The van der Waals surface area contributed by atoms with Crippen molar-refractivity contribution in [1.29, 1.82) is 0 Å². The summed E-state index contributed by atoms with van der Waals surface area (Å²) in [6, 6.07) is 3.91. The first kappa shape index (κ1) is 12.5. The van der Waals surface area contributed by atoms with Crippen LogP contribution >= 0.6 is 0 Å². The van der Waals surface area contributed by atoms with E-state index in [2.05, 4.69) is 16.9 Å². The molecule has 4 heteroatoms. The number of H-pyrrole nitrogens is 1. The Labute approximate surface area is 113 Å². The Hall–Kier alpha value is -1.58. The van der Waals surface area contributed by atoms with E-state index in [0.29, 0.717) is 12.5 Å². The third-order valence-corrected chi connectivity index (χ3v) is 4.14. The second-order valence-corrected chi connectivity index (χ2v) is 5.66. The van der Waals surface area contributed by atoms with Gasteiger partial charge in [0.2, 0.25) is 5.88 Å². The Morgan fingerprint density at radius 1 is 1.21 bits per heavy atom. The van der Waals surface area contributed by atoms with E-state index in [1.165, 1.54) is 32.1 Å². The van der Waals surface area contributed by atoms with Gasteiger partial charge in [-0.05, 0) is 25.8 Å². The van der Waals surface area contributed by atoms with Crippen LogP contribution in [0.5, 0.6) is 5.88 Å². The number of hydrogen-bond acceptors (Lipinski definition) is 3. The fraction of sp³-hybridized carbons (Fsp3) is 0.600. The predicted octanol–water partition coefficient (Wildman–Crippen LogP) is 3.58. The summed E-state index contributed by atoms with van der Waals surface area (Å²) in [5.41, 5.74) is 1.96. The third-order valence-electron chi connectivity index (χ3n) is 4.14. The van der Waals surface area contributed by atoms with Gasteiger partial charge in [0.05, 0.1) is 12.1 Å². The Balaban J connectivity index is 1.96. The SMILES string of the molecule is CCOc1ccc2[nH]c(C3(C)CCCCC3)nc2n1. The van der Waals surface area contributed by atoms with E-state index < -0.39 is 0 Å². The zero-order valence-corrected chi connectivity index (χ0v) is 11.7. The molecule has 0 amide bonds. The van der Waals surface area contributed by atoms with Crippen LogP contribution in [0.15, 0.2) is 12.1 Å². The number of fused-ring (bicyclic) bond motifs is 1. The number of nitrogens with one attached hydrogen (secondary N) is 1. The van der Waals surface area contributed by atoms with Crippen molar-refractivity contribution in [3.63, 3.8) is 0 Å². The summed E-state index contributed by atoms with van der Waals surface area (Å²) in [5.74, 6) is 1.74. The number of hydrogen-bond donors (Lipinski definition) is 1. The fourth-order valence-electron chi connectivity index (χ4n) is 2.96. The second-order valence-electron chi connectivity index (χ2n) is 5.66. The summed E-state index contributed by atoms with van der Waals surface area (Å²) in [5, 5.41) is 0. The third kappa shape index (κ3) is 2.31. The molecule has 0 radical (unpaired) electrons. The summed E-state index contributed by atoms with van der Waals surface area (Å²) in [6.07, 6.45) is 6.37. The molecule has 1 saturated carbocycles. The van der Waals surface area contributed by atoms with Gasteiger partial charge in [-0.2, -0.15) is 4.98 Å². The Morgan fingerprint density at radius 2 is 2.00 bits per heavy atom. The van der Waals surface area contributed by atoms with Gasteiger partial charge in [0, 0.05) is 11.5 Å². The molecule has 2 aromatic rings. The zero-order chi connectivity index (χ0) is 13.3. The van der Waals surface area contributed by atoms with Gasteiger partial charge in [-0.3, -0.25) is 0 Å². The predicted molar refractivity (Wildman–Crippen MR) is 75.5 cm³/mol. The first-order valence-electron chi connectivity index (χ1n) is 7.21. The van der Waals surface area contributed by atoms with Gasteiger partial charge in [0.15, 0.2) is 5.65 Å². The molecule has 3 rings (SSSR count). The number of pyridine rings is 1. The maximum Gasteiger partial charge on any atom is 0.215 e. The van der Waals surface area contributed by atoms with E-state index in [9.17, 15) is 0 Å². The van der Waals surface area contributed by atoms with Crippen molar-refractivity contribution in [2.75, 3.05) is 6.61 Å². The van der Waals surface area contributed by atoms with Crippen LogP contribution in [0.25, 0.3) is 11.2 Å². The summed E-state index contributed by atoms with van der Waals surface area (Å²) in [7, 11) is 0. The molecule has 0 aliphatic heterocycles. The van der Waals surface area contributed by atoms with Crippen molar-refractivity contribution in [3.05, 3.63) is 18.0 Å². The molecule has 2 heterocycles. The van der Waals surface area contributed by atoms with E-state index in [-0.39, 0.29) is 5.41 Å². The number of nitrogens with zero attached hydrogens (tertiary/aromatic N) is 2. The minimum absolute atomic E-state index is 0.185. The van der Waals surface area contributed by atoms with Crippen LogP contribution in [-0.2, 0) is 5.41 Å². The maximum atomic E-state index is 5.43. The van der Waals surface area contributed by atoms with E-state index in [1.54, 1.807) is 0 Å². The maximum absolute atomic E-state index is 5.43. The van der Waals surface area contributed by atoms with Gasteiger partial charge in [-0.25, -0.2) is 4.98 Å². The van der Waals surface area contributed by atoms with Crippen molar-refractivity contribution in [1.82, 2.24) is 15.0 Å². The highest BCUT2D eigenvalue weighted by Gasteiger charge is 2.31. The number of aromatic nitrogens is 3. The van der Waals surface area contributed by atoms with Crippen molar-refractivity contribution >= 4 is 11.2 Å². The van der Waals surface area contributed by atoms with Crippen molar-refractivity contribution < 1.29 is 4.74 Å². The standard InChI is InChI=1S/C15H21N3O/c1-3-19-12-8-7-11-13(17-12)18-14(16-11)15(2)9-5-4-6-10-15/h7-8H,3-6,9-10H2,1-2H3,(H,16,17,18). The molecular formula is C15H21N3O. The van der Waals surface area contributed by atoms with Gasteiger partial charge in [0.25, 0.3) is 0 Å². The number of ether oxygens (including phenoxy) is 1. The smallest absolute Gasteiger partial charge is 0.215 e. The number of imidazole rings is 1. The van der Waals surface area contributed by atoms with Crippen LogP contribution in [0.4, 0.5) is 0 Å². The lowest BCUT2D eigenvalue weighted by Gasteiger charge is -2.31. The molecule has 1 aliphatic rings. The molecule has 102 valence electrons. The number of aromatic amines is 1. The van der Waals surface area contributed by atoms with E-state index in [1.807, 2.05) is 19.1 Å². The molecule has 0 atom stereocenters. The highest BCUT2D eigenvalue weighted by Crippen LogP contribution is 2.38. The summed E-state index contributed by atoms with van der Waals surface area (Å²) < 4.78 is 5.43. The van der Waals surface area contributed by atoms with Crippen LogP contribution in [0.3, 0.4) is 0 Å². The van der Waals surface area contributed by atoms with Gasteiger partial charge >= 0.3 is 0 Å². The van der Waals surface area contributed by atoms with Crippen LogP contribution < -0.4 is 4.74 Å². The van der Waals surface area contributed by atoms with Gasteiger partial charge in [-0.15, -0.1) is 0 Å². The Bertz CT molecular complexity index is 570. The molecule has 1 fully saturated rings. The molecule has 4 nitrogen and oxygen atoms in total. The summed E-state index contributed by atoms with van der Waals surface area (Å²) in [4.78, 5) is 12.6. The molecule has 1 N–H and O–H groups in total. The molecule has 0 unspecified atom stereocenters. The first-order valence-corrected chi connectivity index (χ1v) is 7.21. The van der Waals surface area contributed by atoms with Crippen molar-refractivity contribution in [3.8, 4) is 5.88 Å². The zero-order valence-electron chi connectivity index (χ0n) is 11.7. The molecule has 1 aliphatic carbocycles. The van der Waals surface area contributed by atoms with Crippen LogP contribution in [0, 0.1) is 0 Å². The first-order chi connectivity index (χ1) is 9.21. The van der Waals surface area contributed by atoms with Gasteiger partial charge in [-0.1, -0.05) is 26.2 Å². The molecule has 0 saturated heterocycles. The van der Waals surface area contributed by atoms with Gasteiger partial charge in [0.1, 0.15) is 5.82 Å². The minimum atomic E-state index is 0.185. The molecule has 0 spiro atoms. The van der Waals surface area contributed by atoms with Crippen LogP contribution in [-0.4, -0.2) is 21.6 Å². The monoisotopic (exact) mass is 259 g/mol. The summed E-state index contributed by atoms with van der Waals surface area (Å²) in [6.45, 7) is 4.91. The number of rotatable bonds is 3. The molecule has 0 bridgehead atoms. The highest BCUT2D eigenvalue weighted by molar-refractivity contribution is 5.71. The van der Waals surface area contributed by atoms with E-state index >= 15 is 0 Å². The normalized spacial score (nSPS) is 18.6. The largest absolute Gasteiger partial charge is 0.478 e. The van der Waals surface area contributed by atoms with Crippen molar-refractivity contribution in [2.24, 2.45) is 0 Å². The highest BCUT2D eigenvalue weighted by atomic mass is 16.5. The topological polar surface area (TPSA) is 50.8 Å². The van der Waals surface area contributed by atoms with Gasteiger partial charge < -0.3 is 9.72 Å². The van der Waals surface area contributed by atoms with E-state index in [0.717, 1.165) is 17.0 Å². The van der Waals surface area contributed by atoms with E-state index in [4.69, 9.17) is 9.72 Å². The molecular weight excluding hydrogens is 238 g/mol. The lowest BCUT2D eigenvalue weighted by molar-refractivity contribution is 0.306. The average molecular weight is 259 g/mol. The summed E-state index contributed by atoms with van der Waals surface area (Å²) >= 11 is 0.